The van der Waals surface area contributed by atoms with Crippen molar-refractivity contribution in [3.8, 4) is 0 Å². The molecule has 12 nitrogen and oxygen atoms in total. The van der Waals surface area contributed by atoms with Gasteiger partial charge in [0.1, 0.15) is 11.8 Å². The average molecular weight is 593 g/mol. The quantitative estimate of drug-likeness (QED) is 0.205. The van der Waals surface area contributed by atoms with Gasteiger partial charge in [0, 0.05) is 31.3 Å². The van der Waals surface area contributed by atoms with Gasteiger partial charge in [-0.15, -0.1) is 0 Å². The second kappa shape index (κ2) is 15.9. The molecule has 0 fully saturated rings. The number of amides is 1. The number of allylic oxidation sites excluding steroid dienone is 2. The molecule has 0 saturated heterocycles. The van der Waals surface area contributed by atoms with Crippen LogP contribution in [-0.2, 0) is 38.1 Å². The molecule has 0 saturated carbocycles. The predicted molar refractivity (Wildman–Crippen MR) is 152 cm³/mol. The van der Waals surface area contributed by atoms with Crippen molar-refractivity contribution in [1.29, 1.82) is 0 Å². The fourth-order valence-electron chi connectivity index (χ4n) is 5.10. The number of nitrogens with one attached hydrogen (secondary N) is 1. The summed E-state index contributed by atoms with van der Waals surface area (Å²) in [5.41, 5.74) is 5.68. The van der Waals surface area contributed by atoms with Crippen LogP contribution in [0.1, 0.15) is 53.4 Å². The van der Waals surface area contributed by atoms with Gasteiger partial charge >= 0.3 is 5.97 Å². The number of methoxy groups -OCH3 is 3. The third-order valence-corrected chi connectivity index (χ3v) is 7.56. The molecular formula is C30H44N2O10. The fraction of sp³-hybridized carbons (Fsp3) is 0.600. The molecule has 1 heterocycles. The van der Waals surface area contributed by atoms with Gasteiger partial charge in [0.25, 0.3) is 11.7 Å². The summed E-state index contributed by atoms with van der Waals surface area (Å²) in [6.45, 7) is 6.33. The molecule has 0 spiro atoms. The van der Waals surface area contributed by atoms with Gasteiger partial charge in [-0.1, -0.05) is 26.0 Å². The number of fused-ring (bicyclic) bond motifs is 2. The highest BCUT2D eigenvalue weighted by molar-refractivity contribution is 6.25. The molecular weight excluding hydrogens is 548 g/mol. The number of carbonyl (C=O) groups is 4. The summed E-state index contributed by atoms with van der Waals surface area (Å²) in [5.74, 6) is -5.03. The summed E-state index contributed by atoms with van der Waals surface area (Å²) in [6.07, 6.45) is 1.24. The maximum atomic E-state index is 13.7. The molecule has 6 atom stereocenters. The Hall–Kier alpha value is -3.16. The molecule has 0 unspecified atom stereocenters. The van der Waals surface area contributed by atoms with E-state index in [1.54, 1.807) is 26.0 Å². The molecule has 2 bridgehead atoms. The smallest absolute Gasteiger partial charge is 0.325 e. The number of Topliss-reactive ketones (excluding diaryl/α,β-unsaturated/α-hetero) is 2. The van der Waals surface area contributed by atoms with Crippen LogP contribution in [0.3, 0.4) is 0 Å². The van der Waals surface area contributed by atoms with Crippen LogP contribution in [0.5, 0.6) is 0 Å². The number of nitrogens with two attached hydrogens (primary N) is 1. The van der Waals surface area contributed by atoms with Gasteiger partial charge in [0.15, 0.2) is 5.76 Å². The highest BCUT2D eigenvalue weighted by Gasteiger charge is 2.40. The Morgan fingerprint density at radius 1 is 1.02 bits per heavy atom. The molecule has 5 N–H and O–H groups in total. The lowest BCUT2D eigenvalue weighted by atomic mass is 9.85. The number of rotatable bonds is 5. The van der Waals surface area contributed by atoms with Crippen LogP contribution < -0.4 is 11.1 Å². The predicted octanol–water partition coefficient (Wildman–Crippen LogP) is 1.36. The maximum Gasteiger partial charge on any atom is 0.325 e. The lowest BCUT2D eigenvalue weighted by Crippen LogP contribution is -2.38. The Kier molecular flexibility index (Phi) is 13.3. The highest BCUT2D eigenvalue weighted by atomic mass is 16.5. The largest absolute Gasteiger partial charge is 0.492 e. The minimum absolute atomic E-state index is 0.0170. The van der Waals surface area contributed by atoms with Crippen LogP contribution in [0, 0.1) is 11.8 Å². The van der Waals surface area contributed by atoms with Gasteiger partial charge in [-0.2, -0.15) is 0 Å². The number of ether oxygens (including phenoxy) is 4. The van der Waals surface area contributed by atoms with Crippen LogP contribution in [0.4, 0.5) is 0 Å². The Bertz CT molecular complexity index is 1170. The monoisotopic (exact) mass is 592 g/mol. The number of aliphatic hydroxyl groups is 2. The highest BCUT2D eigenvalue weighted by Crippen LogP contribution is 2.32. The van der Waals surface area contributed by atoms with Crippen LogP contribution in [0.25, 0.3) is 0 Å². The van der Waals surface area contributed by atoms with Gasteiger partial charge in [0.05, 0.1) is 32.0 Å². The molecule has 42 heavy (non-hydrogen) atoms. The zero-order valence-electron chi connectivity index (χ0n) is 25.4. The third-order valence-electron chi connectivity index (χ3n) is 7.56. The minimum atomic E-state index is -0.984. The Balaban J connectivity index is 2.63. The molecule has 1 amide bonds. The van der Waals surface area contributed by atoms with E-state index in [-0.39, 0.29) is 29.2 Å². The molecule has 0 aromatic heterocycles. The van der Waals surface area contributed by atoms with Crippen LogP contribution in [0.15, 0.2) is 46.1 Å². The van der Waals surface area contributed by atoms with E-state index in [9.17, 15) is 29.4 Å². The van der Waals surface area contributed by atoms with Crippen molar-refractivity contribution in [2.24, 2.45) is 17.6 Å². The van der Waals surface area contributed by atoms with Crippen molar-refractivity contribution in [2.75, 3.05) is 27.9 Å². The Labute approximate surface area is 246 Å². The number of hydrogen-bond acceptors (Lipinski definition) is 11. The Morgan fingerprint density at radius 3 is 2.24 bits per heavy atom. The summed E-state index contributed by atoms with van der Waals surface area (Å²) >= 11 is 0. The molecule has 1 aliphatic carbocycles. The lowest BCUT2D eigenvalue weighted by molar-refractivity contribution is -0.141. The average Bonchev–Trinajstić information content (AvgIpc) is 2.96. The topological polar surface area (TPSA) is 184 Å². The van der Waals surface area contributed by atoms with Crippen molar-refractivity contribution in [2.45, 2.75) is 77.8 Å². The maximum absolute atomic E-state index is 13.7. The number of hydrogen-bond donors (Lipinski definition) is 4. The molecule has 234 valence electrons. The van der Waals surface area contributed by atoms with Crippen LogP contribution in [-0.4, -0.2) is 85.9 Å². The first-order valence-corrected chi connectivity index (χ1v) is 13.9. The van der Waals surface area contributed by atoms with E-state index in [2.05, 4.69) is 5.32 Å². The van der Waals surface area contributed by atoms with Crippen molar-refractivity contribution < 1.29 is 48.3 Å². The SMILES string of the molecule is COC1=C2C[C@@H](C)C[C@H](OC)[C@@H](O)[C@@H](C)/C=C(/C)[C@@H](O)[C@H](OC)CC/C=C(/C)C(=O)NC(=C(OC(=O)CN)C1=O)C2=O. The molecule has 0 aromatic carbocycles. The fourth-order valence-corrected chi connectivity index (χ4v) is 5.10. The molecule has 1 aliphatic heterocycles. The van der Waals surface area contributed by atoms with E-state index in [1.807, 2.05) is 6.92 Å². The van der Waals surface area contributed by atoms with E-state index in [4.69, 9.17) is 24.7 Å². The molecule has 0 aromatic rings. The second-order valence-corrected chi connectivity index (χ2v) is 10.8. The van der Waals surface area contributed by atoms with E-state index in [0.717, 1.165) is 0 Å². The number of carbonyl (C=O) groups excluding carboxylic acids is 4. The summed E-state index contributed by atoms with van der Waals surface area (Å²) in [6, 6.07) is 0. The Morgan fingerprint density at radius 2 is 1.67 bits per heavy atom. The van der Waals surface area contributed by atoms with E-state index in [1.165, 1.54) is 28.3 Å². The lowest BCUT2D eigenvalue weighted by Gasteiger charge is -2.29. The molecule has 2 rings (SSSR count). The summed E-state index contributed by atoms with van der Waals surface area (Å²) in [4.78, 5) is 52.3. The van der Waals surface area contributed by atoms with Gasteiger partial charge in [-0.25, -0.2) is 0 Å². The summed E-state index contributed by atoms with van der Waals surface area (Å²) in [5, 5.41) is 24.5. The van der Waals surface area contributed by atoms with E-state index < -0.39 is 71.8 Å². The summed E-state index contributed by atoms with van der Waals surface area (Å²) < 4.78 is 21.5. The molecule has 0 radical (unpaired) electrons. The zero-order valence-corrected chi connectivity index (χ0v) is 25.4. The number of ketones is 2. The van der Waals surface area contributed by atoms with Crippen molar-refractivity contribution in [3.63, 3.8) is 0 Å². The van der Waals surface area contributed by atoms with Crippen molar-refractivity contribution in [3.05, 3.63) is 46.1 Å². The van der Waals surface area contributed by atoms with Crippen molar-refractivity contribution >= 4 is 23.4 Å². The second-order valence-electron chi connectivity index (χ2n) is 10.8. The first-order chi connectivity index (χ1) is 19.8. The van der Waals surface area contributed by atoms with Crippen molar-refractivity contribution in [1.82, 2.24) is 5.32 Å². The zero-order chi connectivity index (χ0) is 31.7. The summed E-state index contributed by atoms with van der Waals surface area (Å²) in [7, 11) is 4.15. The molecule has 2 aliphatic rings. The van der Waals surface area contributed by atoms with Gasteiger partial charge < -0.3 is 40.2 Å². The normalized spacial score (nSPS) is 31.6. The van der Waals surface area contributed by atoms with Crippen LogP contribution >= 0.6 is 0 Å². The van der Waals surface area contributed by atoms with Gasteiger partial charge in [-0.05, 0) is 51.0 Å². The van der Waals surface area contributed by atoms with E-state index in [0.29, 0.717) is 24.8 Å². The first-order valence-electron chi connectivity index (χ1n) is 13.9. The van der Waals surface area contributed by atoms with Crippen LogP contribution in [0.2, 0.25) is 0 Å². The van der Waals surface area contributed by atoms with Gasteiger partial charge in [0.2, 0.25) is 11.5 Å². The number of esters is 1. The first kappa shape index (κ1) is 35.0. The standard InChI is InChI=1S/C30H44N2O10/c1-15-11-19-26(36)23(29(42-22(33)14-31)27(37)28(19)41-7)32-30(38)16(2)9-8-10-20(39-5)24(34)17(3)13-18(4)25(35)21(12-15)40-6/h9,13,15,18,20-21,24-25,34-35H,8,10-12,14,31H2,1-7H3,(H,32,38)/b16-9-,17-13-/t15-,18+,20-,21+,24-,25+/m1/s1. The van der Waals surface area contributed by atoms with Gasteiger partial charge in [-0.3, -0.25) is 19.2 Å². The molecule has 12 heteroatoms. The number of aliphatic hydroxyl groups excluding tert-OH is 2. The van der Waals surface area contributed by atoms with E-state index >= 15 is 0 Å². The minimum Gasteiger partial charge on any atom is -0.492 e. The third kappa shape index (κ3) is 8.45.